The van der Waals surface area contributed by atoms with Crippen molar-refractivity contribution in [2.24, 2.45) is 0 Å². The number of hydrogen-bond acceptors (Lipinski definition) is 5. The average molecular weight is 401 g/mol. The minimum Gasteiger partial charge on any atom is -0.391 e. The molecule has 0 unspecified atom stereocenters. The lowest BCUT2D eigenvalue weighted by Gasteiger charge is -2.20. The first-order valence-electron chi connectivity index (χ1n) is 7.56. The summed E-state index contributed by atoms with van der Waals surface area (Å²) >= 11 is 11.7. The molecule has 1 aromatic rings. The molecule has 0 aliphatic rings. The van der Waals surface area contributed by atoms with E-state index in [-0.39, 0.29) is 19.5 Å². The zero-order valence-electron chi connectivity index (χ0n) is 13.9. The molecule has 3 amide bonds. The van der Waals surface area contributed by atoms with Crippen molar-refractivity contribution in [3.63, 3.8) is 0 Å². The number of benzene rings is 1. The SMILES string of the molecule is C[C@@H](O)[C@H](NC(=O)Cc1cc(Cl)cc(Cl)c1)C(=O)NCC(=O)NCC#N. The van der Waals surface area contributed by atoms with Crippen molar-refractivity contribution in [1.29, 1.82) is 5.26 Å². The molecule has 26 heavy (non-hydrogen) atoms. The Bertz CT molecular complexity index is 698. The zero-order chi connectivity index (χ0) is 19.7. The van der Waals surface area contributed by atoms with Crippen molar-refractivity contribution in [3.05, 3.63) is 33.8 Å². The molecule has 140 valence electrons. The van der Waals surface area contributed by atoms with Gasteiger partial charge < -0.3 is 21.1 Å². The molecule has 0 saturated heterocycles. The highest BCUT2D eigenvalue weighted by Gasteiger charge is 2.26. The number of aliphatic hydroxyl groups is 1. The van der Waals surface area contributed by atoms with Gasteiger partial charge in [0.05, 0.1) is 25.1 Å². The fourth-order valence-electron chi connectivity index (χ4n) is 2.01. The molecule has 1 rings (SSSR count). The van der Waals surface area contributed by atoms with Crippen LogP contribution in [-0.4, -0.2) is 48.1 Å². The Morgan fingerprint density at radius 3 is 2.31 bits per heavy atom. The number of carbonyl (C=O) groups is 3. The van der Waals surface area contributed by atoms with Gasteiger partial charge in [-0.3, -0.25) is 14.4 Å². The molecule has 10 heteroatoms. The maximum Gasteiger partial charge on any atom is 0.245 e. The van der Waals surface area contributed by atoms with Gasteiger partial charge in [-0.15, -0.1) is 0 Å². The van der Waals surface area contributed by atoms with Crippen LogP contribution >= 0.6 is 23.2 Å². The second-order valence-corrected chi connectivity index (χ2v) is 6.27. The zero-order valence-corrected chi connectivity index (χ0v) is 15.4. The van der Waals surface area contributed by atoms with Crippen LogP contribution in [-0.2, 0) is 20.8 Å². The first-order valence-corrected chi connectivity index (χ1v) is 8.32. The largest absolute Gasteiger partial charge is 0.391 e. The van der Waals surface area contributed by atoms with Gasteiger partial charge in [0.15, 0.2) is 0 Å². The fraction of sp³-hybridized carbons (Fsp3) is 0.375. The monoisotopic (exact) mass is 400 g/mol. The normalized spacial score (nSPS) is 12.4. The van der Waals surface area contributed by atoms with Gasteiger partial charge in [0.25, 0.3) is 0 Å². The number of aliphatic hydroxyl groups excluding tert-OH is 1. The van der Waals surface area contributed by atoms with Crippen molar-refractivity contribution in [2.45, 2.75) is 25.5 Å². The van der Waals surface area contributed by atoms with Crippen LogP contribution in [0.1, 0.15) is 12.5 Å². The van der Waals surface area contributed by atoms with Crippen molar-refractivity contribution < 1.29 is 19.5 Å². The summed E-state index contributed by atoms with van der Waals surface area (Å²) < 4.78 is 0. The third-order valence-electron chi connectivity index (χ3n) is 3.16. The summed E-state index contributed by atoms with van der Waals surface area (Å²) in [6.07, 6.45) is -1.29. The molecule has 0 heterocycles. The molecule has 1 aromatic carbocycles. The lowest BCUT2D eigenvalue weighted by Crippen LogP contribution is -2.54. The molecule has 2 atom stereocenters. The Balaban J connectivity index is 2.63. The molecule has 0 spiro atoms. The maximum absolute atomic E-state index is 12.1. The standard InChI is InChI=1S/C16H18Cl2N4O4/c1-9(23)15(16(26)21-8-14(25)20-3-2-19)22-13(24)6-10-4-11(17)7-12(18)5-10/h4-5,7,9,15,23H,3,6,8H2,1H3,(H,20,25)(H,21,26)(H,22,24)/t9-,15+/m1/s1. The minimum absolute atomic E-state index is 0.0978. The molecular formula is C16H18Cl2N4O4. The van der Waals surface area contributed by atoms with E-state index in [9.17, 15) is 19.5 Å². The van der Waals surface area contributed by atoms with Gasteiger partial charge in [0.2, 0.25) is 17.7 Å². The van der Waals surface area contributed by atoms with E-state index in [2.05, 4.69) is 16.0 Å². The number of nitriles is 1. The molecule has 0 radical (unpaired) electrons. The smallest absolute Gasteiger partial charge is 0.245 e. The minimum atomic E-state index is -1.25. The molecule has 4 N–H and O–H groups in total. The number of halogens is 2. The van der Waals surface area contributed by atoms with Crippen molar-refractivity contribution in [3.8, 4) is 6.07 Å². The number of carbonyl (C=O) groups excluding carboxylic acids is 3. The van der Waals surface area contributed by atoms with E-state index in [1.165, 1.54) is 13.0 Å². The Hall–Kier alpha value is -2.34. The summed E-state index contributed by atoms with van der Waals surface area (Å²) in [5, 5.41) is 25.8. The summed E-state index contributed by atoms with van der Waals surface area (Å²) in [5.41, 5.74) is 0.542. The van der Waals surface area contributed by atoms with Gasteiger partial charge in [0, 0.05) is 10.0 Å². The fourth-order valence-corrected chi connectivity index (χ4v) is 2.58. The lowest BCUT2D eigenvalue weighted by molar-refractivity contribution is -0.132. The third-order valence-corrected chi connectivity index (χ3v) is 3.59. The van der Waals surface area contributed by atoms with E-state index in [0.29, 0.717) is 15.6 Å². The maximum atomic E-state index is 12.1. The lowest BCUT2D eigenvalue weighted by atomic mass is 10.1. The second-order valence-electron chi connectivity index (χ2n) is 5.39. The number of amides is 3. The molecule has 8 nitrogen and oxygen atoms in total. The predicted octanol–water partition coefficient (Wildman–Crippen LogP) is 0.157. The molecule has 0 aliphatic carbocycles. The summed E-state index contributed by atoms with van der Waals surface area (Å²) in [6, 6.07) is 5.12. The number of nitrogens with zero attached hydrogens (tertiary/aromatic N) is 1. The highest BCUT2D eigenvalue weighted by atomic mass is 35.5. The Morgan fingerprint density at radius 1 is 1.15 bits per heavy atom. The molecule has 0 bridgehead atoms. The Morgan fingerprint density at radius 2 is 1.77 bits per heavy atom. The number of rotatable bonds is 8. The van der Waals surface area contributed by atoms with Gasteiger partial charge in [-0.1, -0.05) is 23.2 Å². The number of hydrogen-bond donors (Lipinski definition) is 4. The van der Waals surface area contributed by atoms with Crippen molar-refractivity contribution in [2.75, 3.05) is 13.1 Å². The summed E-state index contributed by atoms with van der Waals surface area (Å²) in [5.74, 6) is -1.83. The molecule has 0 fully saturated rings. The van der Waals surface area contributed by atoms with Crippen LogP contribution in [0.25, 0.3) is 0 Å². The first kappa shape index (κ1) is 21.7. The van der Waals surface area contributed by atoms with Crippen LogP contribution < -0.4 is 16.0 Å². The van der Waals surface area contributed by atoms with Gasteiger partial charge in [-0.2, -0.15) is 5.26 Å². The van der Waals surface area contributed by atoms with Gasteiger partial charge in [-0.25, -0.2) is 0 Å². The topological polar surface area (TPSA) is 131 Å². The van der Waals surface area contributed by atoms with E-state index >= 15 is 0 Å². The third kappa shape index (κ3) is 7.70. The van der Waals surface area contributed by atoms with Gasteiger partial charge in [0.1, 0.15) is 12.6 Å². The summed E-state index contributed by atoms with van der Waals surface area (Å²) in [6.45, 7) is 0.757. The predicted molar refractivity (Wildman–Crippen MR) is 95.4 cm³/mol. The first-order chi connectivity index (χ1) is 12.2. The highest BCUT2D eigenvalue weighted by molar-refractivity contribution is 6.34. The van der Waals surface area contributed by atoms with Crippen molar-refractivity contribution >= 4 is 40.9 Å². The van der Waals surface area contributed by atoms with E-state index < -0.39 is 29.9 Å². The van der Waals surface area contributed by atoms with Crippen LogP contribution in [0.2, 0.25) is 10.0 Å². The van der Waals surface area contributed by atoms with E-state index in [1.54, 1.807) is 18.2 Å². The quantitative estimate of drug-likeness (QED) is 0.461. The molecule has 0 saturated carbocycles. The van der Waals surface area contributed by atoms with Crippen molar-refractivity contribution in [1.82, 2.24) is 16.0 Å². The van der Waals surface area contributed by atoms with E-state index in [1.807, 2.05) is 0 Å². The van der Waals surface area contributed by atoms with Crippen LogP contribution in [0.5, 0.6) is 0 Å². The second kappa shape index (κ2) is 10.6. The molecule has 0 aliphatic heterocycles. The summed E-state index contributed by atoms with van der Waals surface area (Å²) in [7, 11) is 0. The van der Waals surface area contributed by atoms with Crippen LogP contribution in [0.3, 0.4) is 0 Å². The van der Waals surface area contributed by atoms with E-state index in [4.69, 9.17) is 28.5 Å². The Labute approximate surface area is 160 Å². The molecular weight excluding hydrogens is 383 g/mol. The highest BCUT2D eigenvalue weighted by Crippen LogP contribution is 2.19. The number of nitrogens with one attached hydrogen (secondary N) is 3. The van der Waals surface area contributed by atoms with Crippen LogP contribution in [0, 0.1) is 11.3 Å². The van der Waals surface area contributed by atoms with Gasteiger partial charge >= 0.3 is 0 Å². The molecule has 0 aromatic heterocycles. The van der Waals surface area contributed by atoms with Gasteiger partial charge in [-0.05, 0) is 30.7 Å². The van der Waals surface area contributed by atoms with Crippen LogP contribution in [0.15, 0.2) is 18.2 Å². The van der Waals surface area contributed by atoms with Crippen LogP contribution in [0.4, 0.5) is 0 Å². The summed E-state index contributed by atoms with van der Waals surface area (Å²) in [4.78, 5) is 35.6. The Kier molecular flexibility index (Phi) is 8.85. The van der Waals surface area contributed by atoms with E-state index in [0.717, 1.165) is 0 Å². The average Bonchev–Trinajstić information content (AvgIpc) is 2.54.